The molecule has 0 aliphatic heterocycles. The Morgan fingerprint density at radius 1 is 0.861 bits per heavy atom. The summed E-state index contributed by atoms with van der Waals surface area (Å²) in [4.78, 5) is 28.2. The van der Waals surface area contributed by atoms with Crippen LogP contribution >= 0.6 is 0 Å². The number of nitrogens with zero attached hydrogens (tertiary/aromatic N) is 2. The summed E-state index contributed by atoms with van der Waals surface area (Å²) >= 11 is 0. The molecule has 0 aromatic heterocycles. The van der Waals surface area contributed by atoms with Gasteiger partial charge in [0.2, 0.25) is 5.91 Å². The minimum absolute atomic E-state index is 0.0304. The van der Waals surface area contributed by atoms with Crippen LogP contribution in [0.2, 0.25) is 0 Å². The van der Waals surface area contributed by atoms with Gasteiger partial charge in [0.05, 0.1) is 26.2 Å². The lowest BCUT2D eigenvalue weighted by atomic mass is 9.97. The van der Waals surface area contributed by atoms with Crippen molar-refractivity contribution >= 4 is 17.4 Å². The van der Waals surface area contributed by atoms with Gasteiger partial charge in [0, 0.05) is 25.1 Å². The van der Waals surface area contributed by atoms with Crippen LogP contribution in [0.4, 0.5) is 5.69 Å². The van der Waals surface area contributed by atoms with Crippen molar-refractivity contribution in [3.63, 3.8) is 0 Å². The van der Waals surface area contributed by atoms with E-state index in [0.717, 1.165) is 66.9 Å². The predicted molar refractivity (Wildman–Crippen MR) is 152 cm³/mol. The van der Waals surface area contributed by atoms with Gasteiger partial charge in [0.25, 0.3) is 0 Å². The molecule has 0 saturated carbocycles. The Morgan fingerprint density at radius 3 is 1.97 bits per heavy atom. The molecule has 0 aliphatic rings. The van der Waals surface area contributed by atoms with Gasteiger partial charge in [0.15, 0.2) is 5.78 Å². The van der Waals surface area contributed by atoms with E-state index >= 15 is 0 Å². The smallest absolute Gasteiger partial charge is 0.238 e. The monoisotopic (exact) mass is 494 g/mol. The van der Waals surface area contributed by atoms with Crippen molar-refractivity contribution in [1.82, 2.24) is 4.90 Å². The topological polar surface area (TPSA) is 49.4 Å². The first kappa shape index (κ1) is 29.7. The molecule has 0 spiro atoms. The van der Waals surface area contributed by atoms with Gasteiger partial charge in [-0.2, -0.15) is 0 Å². The van der Waals surface area contributed by atoms with Crippen molar-refractivity contribution in [2.75, 3.05) is 51.1 Å². The zero-order chi connectivity index (χ0) is 26.7. The van der Waals surface area contributed by atoms with Gasteiger partial charge in [-0.15, -0.1) is 0 Å². The maximum Gasteiger partial charge on any atom is 0.238 e. The normalized spacial score (nSPS) is 13.0. The van der Waals surface area contributed by atoms with Crippen molar-refractivity contribution < 1.29 is 14.1 Å². The maximum absolute atomic E-state index is 13.2. The van der Waals surface area contributed by atoms with Gasteiger partial charge in [0.1, 0.15) is 6.54 Å². The van der Waals surface area contributed by atoms with Crippen molar-refractivity contribution in [3.05, 3.63) is 64.2 Å². The van der Waals surface area contributed by atoms with Crippen molar-refractivity contribution in [3.8, 4) is 0 Å². The van der Waals surface area contributed by atoms with Crippen molar-refractivity contribution in [2.24, 2.45) is 0 Å². The average molecular weight is 495 g/mol. The van der Waals surface area contributed by atoms with E-state index in [1.807, 2.05) is 32.0 Å². The number of likely N-dealkylation sites (N-methyl/N-ethyl adjacent to an activating group) is 2. The lowest BCUT2D eigenvalue weighted by Gasteiger charge is -2.38. The number of ketones is 1. The van der Waals surface area contributed by atoms with Crippen LogP contribution in [0.3, 0.4) is 0 Å². The fraction of sp³-hybridized carbons (Fsp3) is 0.548. The van der Waals surface area contributed by atoms with E-state index in [-0.39, 0.29) is 5.91 Å². The van der Waals surface area contributed by atoms with E-state index in [1.165, 1.54) is 16.7 Å². The highest BCUT2D eigenvalue weighted by molar-refractivity contribution is 5.93. The maximum atomic E-state index is 13.2. The molecule has 0 heterocycles. The van der Waals surface area contributed by atoms with E-state index in [4.69, 9.17) is 0 Å². The number of hydrogen-bond acceptors (Lipinski definition) is 3. The molecule has 1 atom stereocenters. The van der Waals surface area contributed by atoms with Crippen LogP contribution < -0.4 is 5.32 Å². The zero-order valence-corrected chi connectivity index (χ0v) is 23.7. The number of aryl methyl sites for hydroxylation is 4. The number of benzene rings is 2. The van der Waals surface area contributed by atoms with Crippen LogP contribution in [0, 0.1) is 27.7 Å². The molecule has 0 radical (unpaired) electrons. The number of amides is 1. The summed E-state index contributed by atoms with van der Waals surface area (Å²) in [5.41, 5.74) is 6.67. The number of para-hydroxylation sites is 1. The lowest BCUT2D eigenvalue weighted by molar-refractivity contribution is -0.919. The standard InChI is InChI=1S/C31H47N3O2/c1-8-19-34(10-3,23-28(35)21-29-24(4)14-11-15-25(29)5)20-13-18-33(9-2)22-30(36)32-31-26(6)16-12-17-27(31)7/h11-12,14-17H,8-10,13,18-23H2,1-7H3/p+1. The van der Waals surface area contributed by atoms with Crippen molar-refractivity contribution in [2.45, 2.75) is 67.7 Å². The first-order valence-corrected chi connectivity index (χ1v) is 13.6. The van der Waals surface area contributed by atoms with Crippen LogP contribution in [-0.2, 0) is 16.0 Å². The largest absolute Gasteiger partial charge is 0.324 e. The van der Waals surface area contributed by atoms with Crippen LogP contribution in [0.1, 0.15) is 61.4 Å². The molecule has 0 bridgehead atoms. The van der Waals surface area contributed by atoms with Crippen LogP contribution in [-0.4, -0.2) is 66.9 Å². The third-order valence-electron chi connectivity index (χ3n) is 7.57. The number of hydrogen-bond donors (Lipinski definition) is 1. The third kappa shape index (κ3) is 8.56. The molecule has 1 unspecified atom stereocenters. The Hall–Kier alpha value is -2.50. The highest BCUT2D eigenvalue weighted by atomic mass is 16.2. The Morgan fingerprint density at radius 2 is 1.44 bits per heavy atom. The summed E-state index contributed by atoms with van der Waals surface area (Å²) in [7, 11) is 0. The molecule has 5 nitrogen and oxygen atoms in total. The van der Waals surface area contributed by atoms with Crippen molar-refractivity contribution in [1.29, 1.82) is 0 Å². The van der Waals surface area contributed by atoms with Gasteiger partial charge >= 0.3 is 0 Å². The molecule has 36 heavy (non-hydrogen) atoms. The summed E-state index contributed by atoms with van der Waals surface area (Å²) in [6.45, 7) is 20.3. The number of carbonyl (C=O) groups excluding carboxylic acids is 2. The number of Topliss-reactive ketones (excluding diaryl/α,β-unsaturated/α-hetero) is 1. The molecule has 1 amide bonds. The highest BCUT2D eigenvalue weighted by Crippen LogP contribution is 2.20. The summed E-state index contributed by atoms with van der Waals surface area (Å²) in [5.74, 6) is 0.353. The number of nitrogens with one attached hydrogen (secondary N) is 1. The third-order valence-corrected chi connectivity index (χ3v) is 7.57. The van der Waals surface area contributed by atoms with E-state index in [2.05, 4.69) is 63.0 Å². The average Bonchev–Trinajstić information content (AvgIpc) is 2.83. The second kappa shape index (κ2) is 14.3. The summed E-state index contributed by atoms with van der Waals surface area (Å²) in [5, 5.41) is 3.11. The Balaban J connectivity index is 1.97. The second-order valence-electron chi connectivity index (χ2n) is 10.4. The minimum Gasteiger partial charge on any atom is -0.324 e. The number of rotatable bonds is 15. The summed E-state index contributed by atoms with van der Waals surface area (Å²) in [6.07, 6.45) is 2.54. The summed E-state index contributed by atoms with van der Waals surface area (Å²) in [6, 6.07) is 12.3. The molecule has 5 heteroatoms. The Labute approximate surface area is 219 Å². The second-order valence-corrected chi connectivity index (χ2v) is 10.4. The molecular weight excluding hydrogens is 446 g/mol. The molecule has 198 valence electrons. The van der Waals surface area contributed by atoms with Crippen LogP contribution in [0.5, 0.6) is 0 Å². The van der Waals surface area contributed by atoms with Gasteiger partial charge in [-0.3, -0.25) is 14.5 Å². The number of quaternary nitrogens is 1. The molecule has 0 aliphatic carbocycles. The molecule has 2 aromatic rings. The van der Waals surface area contributed by atoms with Crippen LogP contribution in [0.25, 0.3) is 0 Å². The molecule has 2 aromatic carbocycles. The van der Waals surface area contributed by atoms with Crippen LogP contribution in [0.15, 0.2) is 36.4 Å². The van der Waals surface area contributed by atoms with Gasteiger partial charge in [-0.05, 0) is 75.4 Å². The quantitative estimate of drug-likeness (QED) is 0.327. The molecule has 2 rings (SSSR count). The van der Waals surface area contributed by atoms with E-state index in [9.17, 15) is 9.59 Å². The predicted octanol–water partition coefficient (Wildman–Crippen LogP) is 5.63. The fourth-order valence-corrected chi connectivity index (χ4v) is 5.30. The van der Waals surface area contributed by atoms with E-state index in [1.54, 1.807) is 0 Å². The first-order valence-electron chi connectivity index (χ1n) is 13.6. The Bertz CT molecular complexity index is 976. The number of anilines is 1. The molecule has 0 saturated heterocycles. The molecular formula is C31H48N3O2+. The Kier molecular flexibility index (Phi) is 11.8. The zero-order valence-electron chi connectivity index (χ0n) is 23.7. The SMILES string of the molecule is CCC[N+](CC)(CCCN(CC)CC(=O)Nc1c(C)cccc1C)CC(=O)Cc1c(C)cccc1C. The van der Waals surface area contributed by atoms with Gasteiger partial charge < -0.3 is 9.80 Å². The highest BCUT2D eigenvalue weighted by Gasteiger charge is 2.28. The van der Waals surface area contributed by atoms with Gasteiger partial charge in [-0.1, -0.05) is 50.2 Å². The lowest BCUT2D eigenvalue weighted by Crippen LogP contribution is -2.53. The van der Waals surface area contributed by atoms with E-state index < -0.39 is 0 Å². The molecule has 1 N–H and O–H groups in total. The summed E-state index contributed by atoms with van der Waals surface area (Å²) < 4.78 is 0.826. The molecule has 0 fully saturated rings. The number of carbonyl (C=O) groups is 2. The first-order chi connectivity index (χ1) is 17.1. The minimum atomic E-state index is 0.0304. The fourth-order valence-electron chi connectivity index (χ4n) is 5.30. The van der Waals surface area contributed by atoms with E-state index in [0.29, 0.717) is 25.3 Å². The van der Waals surface area contributed by atoms with Gasteiger partial charge in [-0.25, -0.2) is 0 Å².